The van der Waals surface area contributed by atoms with E-state index >= 15 is 0 Å². The summed E-state index contributed by atoms with van der Waals surface area (Å²) in [6, 6.07) is 11.4. The number of fused-ring (bicyclic) bond motifs is 1. The number of piperazine rings is 1. The number of methoxy groups -OCH3 is 1. The molecule has 1 aliphatic carbocycles. The van der Waals surface area contributed by atoms with Crippen molar-refractivity contribution < 1.29 is 31.5 Å². The monoisotopic (exact) mass is 478 g/mol. The highest BCUT2D eigenvalue weighted by Gasteiger charge is 2.33. The Morgan fingerprint density at radius 3 is 2.45 bits per heavy atom. The first-order chi connectivity index (χ1) is 15.8. The van der Waals surface area contributed by atoms with Gasteiger partial charge in [0.15, 0.2) is 0 Å². The molecule has 0 unspecified atom stereocenters. The van der Waals surface area contributed by atoms with Crippen LogP contribution in [0.25, 0.3) is 6.08 Å². The molecule has 1 fully saturated rings. The molecule has 4 rings (SSSR count). The van der Waals surface area contributed by atoms with Gasteiger partial charge in [0, 0.05) is 31.7 Å². The van der Waals surface area contributed by atoms with Crippen molar-refractivity contribution in [2.45, 2.75) is 19.5 Å². The van der Waals surface area contributed by atoms with E-state index in [1.807, 2.05) is 0 Å². The fourth-order valence-electron chi connectivity index (χ4n) is 4.06. The first-order valence-electron chi connectivity index (χ1n) is 10.5. The van der Waals surface area contributed by atoms with Crippen LogP contribution in [0.2, 0.25) is 0 Å². The fourth-order valence-corrected chi connectivity index (χ4v) is 5.67. The Morgan fingerprint density at radius 1 is 1.00 bits per heavy atom. The van der Waals surface area contributed by atoms with Crippen LogP contribution in [-0.2, 0) is 16.4 Å². The third-order valence-corrected chi connectivity index (χ3v) is 7.84. The summed E-state index contributed by atoms with van der Waals surface area (Å²) in [5.74, 6) is 0.471. The molecular formula is C23H24F2N2O5S. The zero-order valence-electron chi connectivity index (χ0n) is 18.0. The summed E-state index contributed by atoms with van der Waals surface area (Å²) in [7, 11) is -2.17. The van der Waals surface area contributed by atoms with Crippen LogP contribution in [0.3, 0.4) is 0 Å². The van der Waals surface area contributed by atoms with Crippen molar-refractivity contribution >= 4 is 22.0 Å². The Morgan fingerprint density at radius 2 is 1.76 bits per heavy atom. The fraction of sp³-hybridized carbons (Fsp3) is 0.348. The van der Waals surface area contributed by atoms with E-state index in [1.54, 1.807) is 41.3 Å². The molecule has 1 amide bonds. The number of hydrogen-bond acceptors (Lipinski definition) is 5. The number of rotatable bonds is 6. The normalized spacial score (nSPS) is 16.8. The summed E-state index contributed by atoms with van der Waals surface area (Å²) in [5, 5.41) is 0. The molecule has 2 aromatic carbocycles. The number of ether oxygens (including phenoxy) is 2. The molecule has 0 radical (unpaired) electrons. The SMILES string of the molecule is COc1cccc(C(=O)N2CCN(S(=O)(=O)C3=Cc4ccc(OC(F)F)cc4CC3)CC2)c1. The predicted octanol–water partition coefficient (Wildman–Crippen LogP) is 3.37. The Balaban J connectivity index is 1.44. The largest absolute Gasteiger partial charge is 0.497 e. The number of amides is 1. The van der Waals surface area contributed by atoms with Crippen molar-refractivity contribution in [1.82, 2.24) is 9.21 Å². The average molecular weight is 479 g/mol. The van der Waals surface area contributed by atoms with Crippen LogP contribution in [0.4, 0.5) is 8.78 Å². The molecule has 1 heterocycles. The van der Waals surface area contributed by atoms with E-state index in [0.29, 0.717) is 23.3 Å². The standard InChI is InChI=1S/C23H24F2N2O5S/c1-31-19-4-2-3-18(14-19)22(28)26-9-11-27(12-10-26)33(29,30)21-8-6-16-13-20(32-23(24)25)7-5-17(16)15-21/h2-5,7,13-15,23H,6,8-12H2,1H3. The third-order valence-electron chi connectivity index (χ3n) is 5.81. The van der Waals surface area contributed by atoms with Gasteiger partial charge < -0.3 is 14.4 Å². The highest BCUT2D eigenvalue weighted by Crippen LogP contribution is 2.32. The molecule has 1 saturated heterocycles. The molecule has 0 spiro atoms. The van der Waals surface area contributed by atoms with E-state index in [0.717, 1.165) is 5.56 Å². The minimum absolute atomic E-state index is 0.0558. The lowest BCUT2D eigenvalue weighted by Crippen LogP contribution is -2.50. The van der Waals surface area contributed by atoms with E-state index in [2.05, 4.69) is 4.74 Å². The summed E-state index contributed by atoms with van der Waals surface area (Å²) < 4.78 is 62.3. The molecule has 1 aliphatic heterocycles. The zero-order valence-corrected chi connectivity index (χ0v) is 18.9. The van der Waals surface area contributed by atoms with Crippen LogP contribution in [-0.4, -0.2) is 63.4 Å². The van der Waals surface area contributed by atoms with E-state index in [4.69, 9.17) is 4.74 Å². The van der Waals surface area contributed by atoms with Gasteiger partial charge in [-0.2, -0.15) is 13.1 Å². The van der Waals surface area contributed by atoms with E-state index in [9.17, 15) is 22.0 Å². The first-order valence-corrected chi connectivity index (χ1v) is 11.9. The van der Waals surface area contributed by atoms with E-state index in [1.165, 1.54) is 23.5 Å². The highest BCUT2D eigenvalue weighted by atomic mass is 32.2. The molecule has 0 aromatic heterocycles. The Hall–Kier alpha value is -2.98. The molecule has 10 heteroatoms. The van der Waals surface area contributed by atoms with Crippen molar-refractivity contribution in [3.63, 3.8) is 0 Å². The van der Waals surface area contributed by atoms with Gasteiger partial charge in [0.1, 0.15) is 11.5 Å². The molecule has 2 aliphatic rings. The number of carbonyl (C=O) groups is 1. The summed E-state index contributed by atoms with van der Waals surface area (Å²) >= 11 is 0. The molecule has 7 nitrogen and oxygen atoms in total. The molecule has 2 aromatic rings. The predicted molar refractivity (Wildman–Crippen MR) is 119 cm³/mol. The lowest BCUT2D eigenvalue weighted by molar-refractivity contribution is -0.0498. The van der Waals surface area contributed by atoms with E-state index in [-0.39, 0.29) is 49.2 Å². The summed E-state index contributed by atoms with van der Waals surface area (Å²) in [4.78, 5) is 14.7. The Labute approximate surface area is 191 Å². The van der Waals surface area contributed by atoms with Crippen molar-refractivity contribution in [3.05, 3.63) is 64.1 Å². The number of hydrogen-bond donors (Lipinski definition) is 0. The molecule has 0 saturated carbocycles. The lowest BCUT2D eigenvalue weighted by atomic mass is 9.97. The minimum atomic E-state index is -3.70. The Kier molecular flexibility index (Phi) is 6.66. The smallest absolute Gasteiger partial charge is 0.387 e. The number of allylic oxidation sites excluding steroid dienone is 1. The van der Waals surface area contributed by atoms with Gasteiger partial charge in [-0.15, -0.1) is 0 Å². The van der Waals surface area contributed by atoms with E-state index < -0.39 is 16.6 Å². The molecule has 0 bridgehead atoms. The van der Waals surface area contributed by atoms with Gasteiger partial charge in [-0.3, -0.25) is 4.79 Å². The lowest BCUT2D eigenvalue weighted by Gasteiger charge is -2.35. The van der Waals surface area contributed by atoms with Crippen LogP contribution >= 0.6 is 0 Å². The van der Waals surface area contributed by atoms with Crippen molar-refractivity contribution in [3.8, 4) is 11.5 Å². The Bertz CT molecular complexity index is 1180. The maximum absolute atomic E-state index is 13.2. The number of alkyl halides is 2. The summed E-state index contributed by atoms with van der Waals surface area (Å²) in [6.45, 7) is -1.94. The summed E-state index contributed by atoms with van der Waals surface area (Å²) in [6.07, 6.45) is 2.28. The second kappa shape index (κ2) is 9.48. The number of nitrogens with zero attached hydrogens (tertiary/aromatic N) is 2. The van der Waals surface area contributed by atoms with Gasteiger partial charge in [0.05, 0.1) is 12.0 Å². The second-order valence-electron chi connectivity index (χ2n) is 7.78. The van der Waals surface area contributed by atoms with Crippen LogP contribution in [0.1, 0.15) is 27.9 Å². The average Bonchev–Trinajstić information content (AvgIpc) is 2.83. The summed E-state index contributed by atoms with van der Waals surface area (Å²) in [5.41, 5.74) is 1.93. The minimum Gasteiger partial charge on any atom is -0.497 e. The number of benzene rings is 2. The zero-order chi connectivity index (χ0) is 23.6. The van der Waals surface area contributed by atoms with Crippen molar-refractivity contribution in [2.24, 2.45) is 0 Å². The number of aryl methyl sites for hydroxylation is 1. The molecule has 176 valence electrons. The van der Waals surface area contributed by atoms with Gasteiger partial charge in [-0.05, 0) is 60.4 Å². The van der Waals surface area contributed by atoms with Gasteiger partial charge >= 0.3 is 6.61 Å². The van der Waals surface area contributed by atoms with Crippen molar-refractivity contribution in [1.29, 1.82) is 0 Å². The van der Waals surface area contributed by atoms with Gasteiger partial charge in [-0.1, -0.05) is 12.1 Å². The van der Waals surface area contributed by atoms with Crippen molar-refractivity contribution in [2.75, 3.05) is 33.3 Å². The van der Waals surface area contributed by atoms with Crippen LogP contribution in [0.15, 0.2) is 47.4 Å². The number of halogens is 2. The van der Waals surface area contributed by atoms with Gasteiger partial charge in [0.25, 0.3) is 5.91 Å². The van der Waals surface area contributed by atoms with Crippen LogP contribution < -0.4 is 9.47 Å². The number of sulfonamides is 1. The maximum atomic E-state index is 13.2. The molecule has 0 atom stereocenters. The quantitative estimate of drug-likeness (QED) is 0.637. The van der Waals surface area contributed by atoms with Gasteiger partial charge in [-0.25, -0.2) is 8.42 Å². The maximum Gasteiger partial charge on any atom is 0.387 e. The molecule has 33 heavy (non-hydrogen) atoms. The first kappa shape index (κ1) is 23.2. The topological polar surface area (TPSA) is 76.2 Å². The van der Waals surface area contributed by atoms with Gasteiger partial charge in [0.2, 0.25) is 10.0 Å². The molecule has 0 N–H and O–H groups in total. The number of carbonyl (C=O) groups excluding carboxylic acids is 1. The van der Waals surface area contributed by atoms with Crippen LogP contribution in [0.5, 0.6) is 11.5 Å². The highest BCUT2D eigenvalue weighted by molar-refractivity contribution is 7.93. The molecular weight excluding hydrogens is 454 g/mol. The second-order valence-corrected chi connectivity index (χ2v) is 9.77. The third kappa shape index (κ3) is 5.01. The van der Waals surface area contributed by atoms with Crippen LogP contribution in [0, 0.1) is 0 Å².